The molecule has 0 amide bonds. The quantitative estimate of drug-likeness (QED) is 0.632. The maximum Gasteiger partial charge on any atom is 0.253 e. The van der Waals surface area contributed by atoms with E-state index in [1.54, 1.807) is 0 Å². The molecule has 0 unspecified atom stereocenters. The van der Waals surface area contributed by atoms with Gasteiger partial charge < -0.3 is 15.2 Å². The fourth-order valence-electron chi connectivity index (χ4n) is 4.51. The van der Waals surface area contributed by atoms with Crippen LogP contribution in [-0.2, 0) is 13.0 Å². The zero-order chi connectivity index (χ0) is 20.4. The lowest BCUT2D eigenvalue weighted by Gasteiger charge is -2.36. The summed E-state index contributed by atoms with van der Waals surface area (Å²) in [4.78, 5) is 17.9. The molecule has 3 aromatic rings. The van der Waals surface area contributed by atoms with Crippen LogP contribution < -0.4 is 15.8 Å². The van der Waals surface area contributed by atoms with E-state index >= 15 is 0 Å². The van der Waals surface area contributed by atoms with E-state index in [0.717, 1.165) is 53.5 Å². The Hall–Kier alpha value is -2.75. The van der Waals surface area contributed by atoms with Crippen molar-refractivity contribution in [2.75, 3.05) is 23.3 Å². The second kappa shape index (κ2) is 8.32. The van der Waals surface area contributed by atoms with Crippen LogP contribution in [0.3, 0.4) is 0 Å². The number of nitrogens with zero attached hydrogens (tertiary/aromatic N) is 1. The first kappa shape index (κ1) is 19.6. The van der Waals surface area contributed by atoms with Gasteiger partial charge in [0.25, 0.3) is 5.56 Å². The number of anilines is 2. The lowest BCUT2D eigenvalue weighted by atomic mass is 9.91. The highest BCUT2D eigenvalue weighted by Crippen LogP contribution is 2.27. The number of nitrogens with one attached hydrogen (secondary N) is 2. The first-order valence-corrected chi connectivity index (χ1v) is 10.8. The lowest BCUT2D eigenvalue weighted by molar-refractivity contribution is 0.357. The van der Waals surface area contributed by atoms with Crippen LogP contribution in [0.4, 0.5) is 11.4 Å². The molecule has 1 aliphatic rings. The molecule has 0 saturated carbocycles. The van der Waals surface area contributed by atoms with E-state index in [2.05, 4.69) is 72.4 Å². The molecule has 4 nitrogen and oxygen atoms in total. The van der Waals surface area contributed by atoms with E-state index < -0.39 is 0 Å². The molecule has 0 aliphatic carbocycles. The fourth-order valence-corrected chi connectivity index (χ4v) is 4.51. The molecular weight excluding hydrogens is 358 g/mol. The average Bonchev–Trinajstić information content (AvgIpc) is 2.71. The number of benzene rings is 2. The van der Waals surface area contributed by atoms with Crippen LogP contribution >= 0.6 is 0 Å². The predicted octanol–water partition coefficient (Wildman–Crippen LogP) is 5.18. The van der Waals surface area contributed by atoms with Gasteiger partial charge in [-0.15, -0.1) is 0 Å². The molecule has 2 atom stereocenters. The molecule has 1 fully saturated rings. The summed E-state index contributed by atoms with van der Waals surface area (Å²) in [5, 5.41) is 4.49. The third kappa shape index (κ3) is 4.47. The van der Waals surface area contributed by atoms with Crippen LogP contribution in [0.1, 0.15) is 38.3 Å². The van der Waals surface area contributed by atoms with Crippen molar-refractivity contribution in [3.05, 3.63) is 70.0 Å². The van der Waals surface area contributed by atoms with Gasteiger partial charge in [-0.25, -0.2) is 0 Å². The number of aryl methyl sites for hydroxylation is 1. The Morgan fingerprint density at radius 1 is 1.03 bits per heavy atom. The van der Waals surface area contributed by atoms with Crippen molar-refractivity contribution in [2.24, 2.45) is 11.8 Å². The van der Waals surface area contributed by atoms with Crippen LogP contribution in [0.5, 0.6) is 0 Å². The van der Waals surface area contributed by atoms with Gasteiger partial charge in [0.2, 0.25) is 0 Å². The maximum atomic E-state index is 12.4. The van der Waals surface area contributed by atoms with Crippen molar-refractivity contribution in [2.45, 2.75) is 40.2 Å². The molecule has 152 valence electrons. The molecule has 2 N–H and O–H groups in total. The van der Waals surface area contributed by atoms with E-state index in [0.29, 0.717) is 6.54 Å². The van der Waals surface area contributed by atoms with Crippen LogP contribution in [0.2, 0.25) is 0 Å². The van der Waals surface area contributed by atoms with Gasteiger partial charge in [-0.2, -0.15) is 0 Å². The third-order valence-electron chi connectivity index (χ3n) is 5.98. The molecule has 1 saturated heterocycles. The number of rotatable bonds is 5. The first-order chi connectivity index (χ1) is 14.0. The fraction of sp³-hybridized carbons (Fsp3) is 0.400. The molecule has 0 bridgehead atoms. The van der Waals surface area contributed by atoms with Crippen molar-refractivity contribution < 1.29 is 0 Å². The van der Waals surface area contributed by atoms with Crippen LogP contribution in [-0.4, -0.2) is 18.1 Å². The topological polar surface area (TPSA) is 48.1 Å². The number of fused-ring (bicyclic) bond motifs is 1. The molecule has 29 heavy (non-hydrogen) atoms. The van der Waals surface area contributed by atoms with Gasteiger partial charge in [0.15, 0.2) is 0 Å². The average molecular weight is 390 g/mol. The van der Waals surface area contributed by atoms with Gasteiger partial charge in [-0.1, -0.05) is 26.8 Å². The smallest absolute Gasteiger partial charge is 0.253 e. The number of hydrogen-bond acceptors (Lipinski definition) is 3. The first-order valence-electron chi connectivity index (χ1n) is 10.8. The highest BCUT2D eigenvalue weighted by molar-refractivity contribution is 5.79. The van der Waals surface area contributed by atoms with Gasteiger partial charge >= 0.3 is 0 Å². The molecular formula is C25H31N3O. The molecule has 0 spiro atoms. The maximum absolute atomic E-state index is 12.4. The third-order valence-corrected chi connectivity index (χ3v) is 5.98. The molecule has 1 aliphatic heterocycles. The largest absolute Gasteiger partial charge is 0.381 e. The minimum Gasteiger partial charge on any atom is -0.381 e. The number of H-pyrrole nitrogens is 1. The highest BCUT2D eigenvalue weighted by Gasteiger charge is 2.21. The van der Waals surface area contributed by atoms with Crippen molar-refractivity contribution in [1.82, 2.24) is 4.98 Å². The Morgan fingerprint density at radius 3 is 2.45 bits per heavy atom. The Bertz CT molecular complexity index is 1030. The Morgan fingerprint density at radius 2 is 1.76 bits per heavy atom. The number of piperidine rings is 1. The van der Waals surface area contributed by atoms with Crippen molar-refractivity contribution in [3.8, 4) is 0 Å². The molecule has 0 radical (unpaired) electrons. The Kier molecular flexibility index (Phi) is 5.61. The van der Waals surface area contributed by atoms with E-state index in [1.165, 1.54) is 17.7 Å². The predicted molar refractivity (Wildman–Crippen MR) is 123 cm³/mol. The van der Waals surface area contributed by atoms with Gasteiger partial charge in [-0.05, 0) is 78.1 Å². The van der Waals surface area contributed by atoms with Crippen molar-refractivity contribution in [3.63, 3.8) is 0 Å². The minimum absolute atomic E-state index is 0.0258. The van der Waals surface area contributed by atoms with Crippen LogP contribution in [0, 0.1) is 11.8 Å². The van der Waals surface area contributed by atoms with E-state index in [1.807, 2.05) is 12.1 Å². The molecule has 2 heterocycles. The van der Waals surface area contributed by atoms with E-state index in [-0.39, 0.29) is 5.56 Å². The number of pyridine rings is 1. The van der Waals surface area contributed by atoms with Gasteiger partial charge in [-0.3, -0.25) is 4.79 Å². The molecule has 1 aromatic heterocycles. The lowest BCUT2D eigenvalue weighted by Crippen LogP contribution is -2.38. The Balaban J connectivity index is 1.46. The second-order valence-corrected chi connectivity index (χ2v) is 8.65. The SMILES string of the molecule is CCc1ccc2[nH]c(=O)c(CNc3ccc(N4C[C@H](C)C[C@H](C)C4)cc3)cc2c1. The van der Waals surface area contributed by atoms with Crippen LogP contribution in [0.15, 0.2) is 53.3 Å². The number of aromatic amines is 1. The summed E-state index contributed by atoms with van der Waals surface area (Å²) in [6, 6.07) is 16.8. The monoisotopic (exact) mass is 389 g/mol. The summed E-state index contributed by atoms with van der Waals surface area (Å²) in [7, 11) is 0. The summed E-state index contributed by atoms with van der Waals surface area (Å²) in [5.41, 5.74) is 5.22. The van der Waals surface area contributed by atoms with Gasteiger partial charge in [0, 0.05) is 42.1 Å². The standard InChI is InChI=1S/C25H31N3O/c1-4-19-5-10-24-20(12-19)13-21(25(29)27-24)14-26-22-6-8-23(9-7-22)28-15-17(2)11-18(3)16-28/h5-10,12-13,17-18,26H,4,11,14-16H2,1-3H3,(H,27,29)/t17-,18+. The summed E-state index contributed by atoms with van der Waals surface area (Å²) >= 11 is 0. The molecule has 4 rings (SSSR count). The summed E-state index contributed by atoms with van der Waals surface area (Å²) in [6.07, 6.45) is 2.31. The zero-order valence-electron chi connectivity index (χ0n) is 17.7. The summed E-state index contributed by atoms with van der Waals surface area (Å²) < 4.78 is 0. The van der Waals surface area contributed by atoms with Crippen molar-refractivity contribution in [1.29, 1.82) is 0 Å². The zero-order valence-corrected chi connectivity index (χ0v) is 17.7. The van der Waals surface area contributed by atoms with Crippen LogP contribution in [0.25, 0.3) is 10.9 Å². The second-order valence-electron chi connectivity index (χ2n) is 8.65. The number of hydrogen-bond donors (Lipinski definition) is 2. The summed E-state index contributed by atoms with van der Waals surface area (Å²) in [6.45, 7) is 9.59. The van der Waals surface area contributed by atoms with Crippen molar-refractivity contribution >= 4 is 22.3 Å². The summed E-state index contributed by atoms with van der Waals surface area (Å²) in [5.74, 6) is 1.48. The normalized spacial score (nSPS) is 19.5. The van der Waals surface area contributed by atoms with Gasteiger partial charge in [0.05, 0.1) is 0 Å². The number of aromatic nitrogens is 1. The van der Waals surface area contributed by atoms with Gasteiger partial charge in [0.1, 0.15) is 0 Å². The van der Waals surface area contributed by atoms with E-state index in [4.69, 9.17) is 0 Å². The molecule has 4 heteroatoms. The minimum atomic E-state index is -0.0258. The Labute approximate surface area is 173 Å². The molecule has 2 aromatic carbocycles. The van der Waals surface area contributed by atoms with E-state index in [9.17, 15) is 4.79 Å². The highest BCUT2D eigenvalue weighted by atomic mass is 16.1.